The number of nitrogens with zero attached hydrogens (tertiary/aromatic N) is 6. The van der Waals surface area contributed by atoms with Crippen LogP contribution in [0.2, 0.25) is 0 Å². The molecule has 0 amide bonds. The van der Waals surface area contributed by atoms with E-state index in [2.05, 4.69) is 19.9 Å². The van der Waals surface area contributed by atoms with Crippen LogP contribution in [0.1, 0.15) is 5.56 Å². The molecule has 0 N–H and O–H groups in total. The molecule has 28 heavy (non-hydrogen) atoms. The summed E-state index contributed by atoms with van der Waals surface area (Å²) in [7, 11) is -3.45. The Hall–Kier alpha value is -3.04. The van der Waals surface area contributed by atoms with E-state index < -0.39 is 10.0 Å². The van der Waals surface area contributed by atoms with Crippen LogP contribution < -0.4 is 4.90 Å². The molecule has 8 nitrogen and oxygen atoms in total. The lowest BCUT2D eigenvalue weighted by Crippen LogP contribution is -2.48. The van der Waals surface area contributed by atoms with Crippen LogP contribution in [-0.2, 0) is 10.0 Å². The predicted octanol–water partition coefficient (Wildman–Crippen LogP) is 1.78. The second-order valence-corrected chi connectivity index (χ2v) is 8.17. The topological polar surface area (TPSA) is 84.2 Å². The summed E-state index contributed by atoms with van der Waals surface area (Å²) in [6.45, 7) is 1.95. The predicted molar refractivity (Wildman–Crippen MR) is 107 cm³/mol. The van der Waals surface area contributed by atoms with Crippen molar-refractivity contribution in [3.05, 3.63) is 72.4 Å². The normalized spacial score (nSPS) is 15.9. The van der Waals surface area contributed by atoms with Gasteiger partial charge in [0.25, 0.3) is 0 Å². The first-order valence-corrected chi connectivity index (χ1v) is 10.4. The van der Waals surface area contributed by atoms with Crippen molar-refractivity contribution in [1.82, 2.24) is 23.8 Å². The summed E-state index contributed by atoms with van der Waals surface area (Å²) in [4.78, 5) is 14.7. The third-order valence-corrected chi connectivity index (χ3v) is 6.13. The number of anilines is 1. The number of aromatic nitrogens is 4. The van der Waals surface area contributed by atoms with Crippen LogP contribution in [0.3, 0.4) is 0 Å². The monoisotopic (exact) mass is 396 g/mol. The minimum absolute atomic E-state index is 0.409. The molecule has 0 aliphatic carbocycles. The Bertz CT molecular complexity index is 1040. The molecule has 4 rings (SSSR count). The van der Waals surface area contributed by atoms with Gasteiger partial charge < -0.3 is 4.90 Å². The van der Waals surface area contributed by atoms with E-state index in [4.69, 9.17) is 0 Å². The maximum atomic E-state index is 12.6. The van der Waals surface area contributed by atoms with E-state index in [1.807, 2.05) is 42.6 Å². The van der Waals surface area contributed by atoms with Crippen LogP contribution in [0.15, 0.2) is 66.9 Å². The smallest absolute Gasteiger partial charge is 0.236 e. The number of imidazole rings is 1. The van der Waals surface area contributed by atoms with Gasteiger partial charge in [-0.3, -0.25) is 4.57 Å². The molecule has 1 fully saturated rings. The molecule has 0 saturated carbocycles. The molecule has 3 heterocycles. The van der Waals surface area contributed by atoms with Crippen molar-refractivity contribution in [2.75, 3.05) is 31.1 Å². The molecule has 0 spiro atoms. The van der Waals surface area contributed by atoms with Crippen molar-refractivity contribution in [1.29, 1.82) is 0 Å². The number of piperazine rings is 1. The zero-order valence-corrected chi connectivity index (χ0v) is 16.0. The minimum atomic E-state index is -3.45. The number of rotatable bonds is 5. The number of sulfonamides is 1. The van der Waals surface area contributed by atoms with Gasteiger partial charge in [0.05, 0.1) is 0 Å². The lowest BCUT2D eigenvalue weighted by molar-refractivity contribution is 0.389. The van der Waals surface area contributed by atoms with E-state index in [0.717, 1.165) is 17.2 Å². The summed E-state index contributed by atoms with van der Waals surface area (Å²) in [5.74, 6) is 1.50. The molecule has 9 heteroatoms. The van der Waals surface area contributed by atoms with Gasteiger partial charge in [0, 0.05) is 50.0 Å². The highest BCUT2D eigenvalue weighted by Crippen LogP contribution is 2.18. The molecule has 1 aliphatic rings. The highest BCUT2D eigenvalue weighted by atomic mass is 32.2. The van der Waals surface area contributed by atoms with E-state index in [0.29, 0.717) is 26.2 Å². The fourth-order valence-electron chi connectivity index (χ4n) is 3.03. The maximum absolute atomic E-state index is 12.6. The molecule has 1 saturated heterocycles. The third-order valence-electron chi connectivity index (χ3n) is 4.56. The molecule has 3 aromatic rings. The van der Waals surface area contributed by atoms with Crippen molar-refractivity contribution in [2.45, 2.75) is 0 Å². The van der Waals surface area contributed by atoms with E-state index >= 15 is 0 Å². The first-order chi connectivity index (χ1) is 13.6. The van der Waals surface area contributed by atoms with Crippen molar-refractivity contribution in [3.63, 3.8) is 0 Å². The molecule has 2 aromatic heterocycles. The second-order valence-electron chi connectivity index (χ2n) is 6.35. The lowest BCUT2D eigenvalue weighted by atomic mass is 10.2. The molecule has 0 unspecified atom stereocenters. The Morgan fingerprint density at radius 2 is 1.71 bits per heavy atom. The van der Waals surface area contributed by atoms with Crippen LogP contribution in [-0.4, -0.2) is 58.4 Å². The van der Waals surface area contributed by atoms with Gasteiger partial charge in [0.2, 0.25) is 10.0 Å². The highest BCUT2D eigenvalue weighted by molar-refractivity contribution is 7.92. The van der Waals surface area contributed by atoms with Gasteiger partial charge >= 0.3 is 0 Å². The van der Waals surface area contributed by atoms with E-state index in [1.54, 1.807) is 23.2 Å². The van der Waals surface area contributed by atoms with Crippen molar-refractivity contribution < 1.29 is 8.42 Å². The van der Waals surface area contributed by atoms with Crippen LogP contribution >= 0.6 is 0 Å². The molecular weight excluding hydrogens is 376 g/mol. The van der Waals surface area contributed by atoms with Gasteiger partial charge in [-0.25, -0.2) is 23.4 Å². The summed E-state index contributed by atoms with van der Waals surface area (Å²) >= 11 is 0. The fourth-order valence-corrected chi connectivity index (χ4v) is 4.21. The second kappa shape index (κ2) is 7.91. The Morgan fingerprint density at radius 1 is 0.964 bits per heavy atom. The lowest BCUT2D eigenvalue weighted by Gasteiger charge is -2.34. The minimum Gasteiger partial charge on any atom is -0.354 e. The molecule has 0 radical (unpaired) electrons. The Morgan fingerprint density at radius 3 is 2.43 bits per heavy atom. The quantitative estimate of drug-likeness (QED) is 0.654. The SMILES string of the molecule is O=S(=O)(/C=C/c1ccccc1)N1CCN(c2cc(-n3ccnc3)ncn2)CC1. The third kappa shape index (κ3) is 4.10. The van der Waals surface area contributed by atoms with Gasteiger partial charge in [0.15, 0.2) is 0 Å². The van der Waals surface area contributed by atoms with Crippen LogP contribution in [0.4, 0.5) is 5.82 Å². The molecule has 0 bridgehead atoms. The summed E-state index contributed by atoms with van der Waals surface area (Å²) < 4.78 is 28.5. The molecule has 1 aromatic carbocycles. The summed E-state index contributed by atoms with van der Waals surface area (Å²) in [5.41, 5.74) is 0.859. The van der Waals surface area contributed by atoms with E-state index in [-0.39, 0.29) is 0 Å². The van der Waals surface area contributed by atoms with Gasteiger partial charge in [0.1, 0.15) is 24.3 Å². The first-order valence-electron chi connectivity index (χ1n) is 8.90. The zero-order valence-electron chi connectivity index (χ0n) is 15.2. The Kier molecular flexibility index (Phi) is 5.18. The summed E-state index contributed by atoms with van der Waals surface area (Å²) in [6, 6.07) is 11.3. The number of hydrogen-bond acceptors (Lipinski definition) is 6. The molecule has 0 atom stereocenters. The first kappa shape index (κ1) is 18.3. The van der Waals surface area contributed by atoms with Crippen molar-refractivity contribution in [2.24, 2.45) is 0 Å². The van der Waals surface area contributed by atoms with Crippen LogP contribution in [0, 0.1) is 0 Å². The standard InChI is InChI=1S/C19H20N6O2S/c26-28(27,13-6-17-4-2-1-3-5-17)25-11-9-23(10-12-25)18-14-19(22-15-21-18)24-8-7-20-16-24/h1-8,13-16H,9-12H2/b13-6+. The van der Waals surface area contributed by atoms with E-state index in [9.17, 15) is 8.42 Å². The van der Waals surface area contributed by atoms with Crippen molar-refractivity contribution >= 4 is 21.9 Å². The average molecular weight is 396 g/mol. The van der Waals surface area contributed by atoms with Crippen LogP contribution in [0.5, 0.6) is 0 Å². The average Bonchev–Trinajstić information content (AvgIpc) is 3.28. The summed E-state index contributed by atoms with van der Waals surface area (Å²) in [5, 5.41) is 1.28. The maximum Gasteiger partial charge on any atom is 0.236 e. The molecular formula is C19H20N6O2S. The number of hydrogen-bond donors (Lipinski definition) is 0. The molecule has 1 aliphatic heterocycles. The van der Waals surface area contributed by atoms with E-state index in [1.165, 1.54) is 16.0 Å². The van der Waals surface area contributed by atoms with Gasteiger partial charge in [-0.05, 0) is 11.6 Å². The van der Waals surface area contributed by atoms with Crippen LogP contribution in [0.25, 0.3) is 11.9 Å². The van der Waals surface area contributed by atoms with Gasteiger partial charge in [-0.1, -0.05) is 30.3 Å². The van der Waals surface area contributed by atoms with Gasteiger partial charge in [-0.2, -0.15) is 4.31 Å². The highest BCUT2D eigenvalue weighted by Gasteiger charge is 2.25. The number of benzene rings is 1. The fraction of sp³-hybridized carbons (Fsp3) is 0.211. The largest absolute Gasteiger partial charge is 0.354 e. The zero-order chi connectivity index (χ0) is 19.4. The Balaban J connectivity index is 1.42. The van der Waals surface area contributed by atoms with Crippen molar-refractivity contribution in [3.8, 4) is 5.82 Å². The molecule has 144 valence electrons. The van der Waals surface area contributed by atoms with Gasteiger partial charge in [-0.15, -0.1) is 0 Å². The Labute approximate surface area is 163 Å². The summed E-state index contributed by atoms with van der Waals surface area (Å²) in [6.07, 6.45) is 8.32.